The Morgan fingerprint density at radius 1 is 0.299 bits per heavy atom. The van der Waals surface area contributed by atoms with Crippen LogP contribution >= 0.6 is 0 Å². The molecule has 3 aliphatic heterocycles. The van der Waals surface area contributed by atoms with Crippen LogP contribution in [0.4, 0.5) is 0 Å². The molecule has 1 aliphatic carbocycles. The van der Waals surface area contributed by atoms with Crippen LogP contribution in [0, 0.1) is 0 Å². The Labute approximate surface area is 516 Å². The predicted octanol–water partition coefficient (Wildman–Crippen LogP) is 19.9. The predicted molar refractivity (Wildman–Crippen MR) is 376 cm³/mol. The van der Waals surface area contributed by atoms with Crippen molar-refractivity contribution in [2.24, 2.45) is 0 Å². The fourth-order valence-electron chi connectivity index (χ4n) is 16.5. The average molecular weight is 1140 g/mol. The highest BCUT2D eigenvalue weighted by Gasteiger charge is 2.56. The largest absolute Gasteiger partial charge is 0.310 e. The van der Waals surface area contributed by atoms with Gasteiger partial charge in [0.15, 0.2) is 0 Å². The van der Waals surface area contributed by atoms with E-state index in [9.17, 15) is 0 Å². The zero-order valence-electron chi connectivity index (χ0n) is 55.7. The van der Waals surface area contributed by atoms with Gasteiger partial charge >= 0.3 is 0 Å². The minimum atomic E-state index is -0.658. The van der Waals surface area contributed by atoms with Gasteiger partial charge < -0.3 is 13.7 Å². The summed E-state index contributed by atoms with van der Waals surface area (Å²) in [4.78, 5) is 0. The van der Waals surface area contributed by atoms with Gasteiger partial charge in [0, 0.05) is 54.9 Å². The second-order valence-corrected chi connectivity index (χ2v) is 34.3. The lowest BCUT2D eigenvalue weighted by Crippen LogP contribution is -2.61. The molecule has 0 N–H and O–H groups in total. The van der Waals surface area contributed by atoms with E-state index in [2.05, 4.69) is 299 Å². The van der Waals surface area contributed by atoms with Crippen molar-refractivity contribution in [1.29, 1.82) is 0 Å². The van der Waals surface area contributed by atoms with Crippen LogP contribution in [0.1, 0.15) is 207 Å². The minimum absolute atomic E-state index is 0.0196. The van der Waals surface area contributed by atoms with Gasteiger partial charge in [0.25, 0.3) is 6.71 Å². The van der Waals surface area contributed by atoms with Crippen molar-refractivity contribution in [3.8, 4) is 28.2 Å². The number of hydrogen-bond donors (Lipinski definition) is 0. The topological polar surface area (TPSA) is 14.8 Å². The number of rotatable bonds is 1. The summed E-state index contributed by atoms with van der Waals surface area (Å²) in [5.41, 5.74) is 32.6. The number of fused-ring (bicyclic) bond motifs is 18. The van der Waals surface area contributed by atoms with Crippen LogP contribution in [0.2, 0.25) is 0 Å². The van der Waals surface area contributed by atoms with Crippen molar-refractivity contribution in [2.45, 2.75) is 189 Å². The van der Waals surface area contributed by atoms with Crippen molar-refractivity contribution < 1.29 is 0 Å². The summed E-state index contributed by atoms with van der Waals surface area (Å²) in [7, 11) is 0. The van der Waals surface area contributed by atoms with Crippen LogP contribution in [-0.2, 0) is 43.3 Å². The molecule has 0 radical (unpaired) electrons. The van der Waals surface area contributed by atoms with Crippen molar-refractivity contribution in [3.63, 3.8) is 0 Å². The summed E-state index contributed by atoms with van der Waals surface area (Å²) in [5.74, 6) is 0. The number of benzene rings is 9. The Bertz CT molecular complexity index is 5040. The zero-order valence-corrected chi connectivity index (χ0v) is 55.7. The van der Waals surface area contributed by atoms with Gasteiger partial charge in [-0.1, -0.05) is 236 Å². The molecule has 0 fully saturated rings. The minimum Gasteiger partial charge on any atom is -0.310 e. The van der Waals surface area contributed by atoms with Crippen molar-refractivity contribution in [2.75, 3.05) is 0 Å². The van der Waals surface area contributed by atoms with Crippen LogP contribution in [0.15, 0.2) is 140 Å². The molecule has 12 aromatic rings. The molecule has 4 heteroatoms. The summed E-state index contributed by atoms with van der Waals surface area (Å²) < 4.78 is 8.25. The number of nitrogens with zero attached hydrogens (tertiary/aromatic N) is 3. The van der Waals surface area contributed by atoms with E-state index in [4.69, 9.17) is 0 Å². The van der Waals surface area contributed by atoms with E-state index < -0.39 is 5.41 Å². The molecule has 4 aliphatic rings. The second-order valence-electron chi connectivity index (χ2n) is 34.3. The molecular formula is C83H86BN3. The van der Waals surface area contributed by atoms with E-state index in [-0.39, 0.29) is 44.6 Å². The van der Waals surface area contributed by atoms with Crippen LogP contribution in [-0.4, -0.2) is 20.4 Å². The maximum absolute atomic E-state index is 2.84. The maximum atomic E-state index is 2.84. The van der Waals surface area contributed by atoms with Crippen molar-refractivity contribution in [3.05, 3.63) is 201 Å². The molecule has 436 valence electrons. The summed E-state index contributed by atoms with van der Waals surface area (Å²) in [6.07, 6.45) is 0. The van der Waals surface area contributed by atoms with Gasteiger partial charge in [-0.3, -0.25) is 0 Å². The lowest BCUT2D eigenvalue weighted by atomic mass is 9.33. The summed E-state index contributed by atoms with van der Waals surface area (Å²) in [6, 6.07) is 58.1. The molecule has 0 unspecified atom stereocenters. The third-order valence-corrected chi connectivity index (χ3v) is 21.5. The Balaban J connectivity index is 1.18. The van der Waals surface area contributed by atoms with Crippen molar-refractivity contribution >= 4 is 88.5 Å². The molecule has 9 aromatic carbocycles. The van der Waals surface area contributed by atoms with Gasteiger partial charge in [-0.05, 0) is 175 Å². The highest BCUT2D eigenvalue weighted by molar-refractivity contribution is 7.02. The van der Waals surface area contributed by atoms with Gasteiger partial charge in [-0.25, -0.2) is 0 Å². The molecule has 3 nitrogen and oxygen atoms in total. The maximum Gasteiger partial charge on any atom is 0.253 e. The van der Waals surface area contributed by atoms with Gasteiger partial charge in [0.1, 0.15) is 0 Å². The van der Waals surface area contributed by atoms with Crippen LogP contribution in [0.3, 0.4) is 0 Å². The second kappa shape index (κ2) is 16.6. The Morgan fingerprint density at radius 2 is 0.747 bits per heavy atom. The highest BCUT2D eigenvalue weighted by atomic mass is 15.1. The van der Waals surface area contributed by atoms with Gasteiger partial charge in [0.05, 0.1) is 33.0 Å². The Kier molecular flexibility index (Phi) is 10.4. The lowest BCUT2D eigenvalue weighted by molar-refractivity contribution is 0.583. The van der Waals surface area contributed by atoms with E-state index in [1.807, 2.05) is 0 Å². The molecule has 0 saturated heterocycles. The van der Waals surface area contributed by atoms with Gasteiger partial charge in [0.2, 0.25) is 0 Å². The molecular weight excluding hydrogens is 1050 g/mol. The van der Waals surface area contributed by atoms with Crippen LogP contribution < -0.4 is 16.4 Å². The standard InChI is InChI=1S/C83H86BN3/c1-76(2,3)45-22-28-52(29-23-45)85-67-43-49(80(13,14)15)27-33-56(67)69-68(85)44-59-55-32-26-48(79(10,11)12)42-66(55)86-65-35-34-60-75-70(65)84(71(69)74(59)86)64-41-51(82(19,20)21)37-58-57-36-50(81(16,17)18)40-63(72(57)87(75)73(58)64)83(60)61-38-46(77(4,5)6)24-30-53(61)54-31-25-47(39-62(54)83)78(7,8)9/h22-44H,1-21H3. The molecule has 0 bridgehead atoms. The number of hydrogen-bond acceptors (Lipinski definition) is 0. The van der Waals surface area contributed by atoms with E-state index >= 15 is 0 Å². The Morgan fingerprint density at radius 3 is 1.29 bits per heavy atom. The first-order valence-corrected chi connectivity index (χ1v) is 32.4. The molecule has 0 atom stereocenters. The summed E-state index contributed by atoms with van der Waals surface area (Å²) in [5, 5.41) is 8.01. The third-order valence-electron chi connectivity index (χ3n) is 21.5. The molecule has 16 rings (SSSR count). The first-order valence-electron chi connectivity index (χ1n) is 32.4. The van der Waals surface area contributed by atoms with E-state index in [0.717, 1.165) is 0 Å². The molecule has 3 aromatic heterocycles. The van der Waals surface area contributed by atoms with Crippen LogP contribution in [0.5, 0.6) is 0 Å². The van der Waals surface area contributed by atoms with Gasteiger partial charge in [-0.15, -0.1) is 0 Å². The Hall–Kier alpha value is -7.56. The normalized spacial score (nSPS) is 15.3. The van der Waals surface area contributed by atoms with Crippen molar-refractivity contribution in [1.82, 2.24) is 13.7 Å². The molecule has 0 saturated carbocycles. The van der Waals surface area contributed by atoms with Gasteiger partial charge in [-0.2, -0.15) is 0 Å². The average Bonchev–Trinajstić information content (AvgIpc) is 1.53. The zero-order chi connectivity index (χ0) is 61.5. The van der Waals surface area contributed by atoms with E-state index in [0.29, 0.717) is 0 Å². The monoisotopic (exact) mass is 1140 g/mol. The fourth-order valence-corrected chi connectivity index (χ4v) is 16.5. The third kappa shape index (κ3) is 7.14. The highest BCUT2D eigenvalue weighted by Crippen LogP contribution is 2.63. The first-order chi connectivity index (χ1) is 40.6. The fraction of sp³-hybridized carbons (Fsp3) is 0.349. The smallest absolute Gasteiger partial charge is 0.253 e. The molecule has 87 heavy (non-hydrogen) atoms. The summed E-state index contributed by atoms with van der Waals surface area (Å²) >= 11 is 0. The quantitative estimate of drug-likeness (QED) is 0.146. The molecule has 1 spiro atoms. The molecule has 0 amide bonds. The van der Waals surface area contributed by atoms with E-state index in [1.165, 1.54) is 171 Å². The van der Waals surface area contributed by atoms with E-state index in [1.54, 1.807) is 0 Å². The molecule has 6 heterocycles. The van der Waals surface area contributed by atoms with Crippen LogP contribution in [0.25, 0.3) is 93.6 Å². The lowest BCUT2D eigenvalue weighted by Gasteiger charge is -2.45. The summed E-state index contributed by atoms with van der Waals surface area (Å²) in [6.45, 7) is 50.0. The SMILES string of the molecule is CC(C)(C)c1ccc(-n2c3cc(C(C)(C)C)ccc3c3c4c5c(cc32)c2ccc(C(C)(C)C)cc2n5-c2ccc3c5c2B4c2cc(C(C)(C)C)cc4c6cc(C(C)(C)C)cc(c6n-5c24)C32c3cc(C(C)(C)C)ccc3-c3ccc(C(C)(C)C)cc32)cc1. The first kappa shape index (κ1) is 54.8. The number of aromatic nitrogens is 3.